The number of rotatable bonds is 11. The molecule has 0 amide bonds. The molecule has 0 aliphatic carbocycles. The molecule has 0 unspecified atom stereocenters. The Balaban J connectivity index is 0.976. The molecule has 0 radical (unpaired) electrons. The lowest BCUT2D eigenvalue weighted by Gasteiger charge is -2.31. The lowest BCUT2D eigenvalue weighted by atomic mass is 10.00. The van der Waals surface area contributed by atoms with E-state index in [2.05, 4.69) is 61.4 Å². The SMILES string of the molecule is CCCc1cnc(N2CCC(Oc3nc4ccc(C5=CCN(NCCCN6CCCC6)CC5)cc4s3)CC2)nc1. The highest BCUT2D eigenvalue weighted by atomic mass is 32.1. The minimum atomic E-state index is 0.186. The molecule has 0 atom stereocenters. The van der Waals surface area contributed by atoms with Crippen LogP contribution in [0.25, 0.3) is 15.8 Å². The summed E-state index contributed by atoms with van der Waals surface area (Å²) in [5.41, 5.74) is 8.62. The molecule has 3 aromatic rings. The fourth-order valence-electron chi connectivity index (χ4n) is 6.02. The van der Waals surface area contributed by atoms with Gasteiger partial charge in [-0.3, -0.25) is 5.43 Å². The van der Waals surface area contributed by atoms with Gasteiger partial charge in [-0.05, 0) is 80.6 Å². The van der Waals surface area contributed by atoms with Crippen LogP contribution in [-0.4, -0.2) is 83.3 Å². The van der Waals surface area contributed by atoms with Crippen molar-refractivity contribution >= 4 is 33.1 Å². The third-order valence-corrected chi connectivity index (χ3v) is 9.27. The normalized spacial score (nSPS) is 19.4. The Bertz CT molecular complexity index is 1260. The highest BCUT2D eigenvalue weighted by Gasteiger charge is 2.23. The van der Waals surface area contributed by atoms with Gasteiger partial charge in [-0.1, -0.05) is 36.8 Å². The summed E-state index contributed by atoms with van der Waals surface area (Å²) in [4.78, 5) is 18.8. The van der Waals surface area contributed by atoms with Crippen molar-refractivity contribution in [3.05, 3.63) is 47.8 Å². The molecular formula is C31H43N7OS. The summed E-state index contributed by atoms with van der Waals surface area (Å²) in [5.74, 6) is 0.833. The van der Waals surface area contributed by atoms with Crippen LogP contribution in [0.15, 0.2) is 36.7 Å². The van der Waals surface area contributed by atoms with Crippen molar-refractivity contribution in [1.82, 2.24) is 30.3 Å². The maximum Gasteiger partial charge on any atom is 0.274 e. The zero-order valence-electron chi connectivity index (χ0n) is 23.9. The summed E-state index contributed by atoms with van der Waals surface area (Å²) in [6.45, 7) is 10.9. The second-order valence-corrected chi connectivity index (χ2v) is 12.3. The molecule has 5 heterocycles. The molecular weight excluding hydrogens is 518 g/mol. The number of nitrogens with one attached hydrogen (secondary N) is 1. The summed E-state index contributed by atoms with van der Waals surface area (Å²) >= 11 is 1.67. The first-order valence-electron chi connectivity index (χ1n) is 15.3. The van der Waals surface area contributed by atoms with Gasteiger partial charge >= 0.3 is 0 Å². The molecule has 0 bridgehead atoms. The molecule has 3 aliphatic heterocycles. The van der Waals surface area contributed by atoms with Crippen LogP contribution in [0.2, 0.25) is 0 Å². The molecule has 40 heavy (non-hydrogen) atoms. The van der Waals surface area contributed by atoms with Crippen LogP contribution in [0, 0.1) is 0 Å². The number of benzene rings is 1. The van der Waals surface area contributed by atoms with Crippen LogP contribution in [0.4, 0.5) is 5.95 Å². The quantitative estimate of drug-likeness (QED) is 0.322. The number of likely N-dealkylation sites (tertiary alicyclic amines) is 1. The Morgan fingerprint density at radius 2 is 1.88 bits per heavy atom. The monoisotopic (exact) mass is 561 g/mol. The second kappa shape index (κ2) is 13.4. The van der Waals surface area contributed by atoms with Crippen LogP contribution >= 0.6 is 11.3 Å². The molecule has 3 aliphatic rings. The largest absolute Gasteiger partial charge is 0.467 e. The second-order valence-electron chi connectivity index (χ2n) is 11.3. The number of hydrogen-bond donors (Lipinski definition) is 1. The van der Waals surface area contributed by atoms with Crippen LogP contribution in [-0.2, 0) is 6.42 Å². The van der Waals surface area contributed by atoms with Gasteiger partial charge in [-0.15, -0.1) is 0 Å². The van der Waals surface area contributed by atoms with Crippen molar-refractivity contribution in [2.45, 2.75) is 64.4 Å². The van der Waals surface area contributed by atoms with Crippen molar-refractivity contribution in [2.24, 2.45) is 0 Å². The lowest BCUT2D eigenvalue weighted by molar-refractivity contribution is 0.170. The number of piperidine rings is 1. The van der Waals surface area contributed by atoms with E-state index in [1.807, 2.05) is 12.4 Å². The molecule has 2 saturated heterocycles. The number of thiazole rings is 1. The third kappa shape index (κ3) is 7.00. The maximum atomic E-state index is 6.36. The van der Waals surface area contributed by atoms with E-state index in [4.69, 9.17) is 9.72 Å². The van der Waals surface area contributed by atoms with Gasteiger partial charge in [0.1, 0.15) is 6.10 Å². The minimum Gasteiger partial charge on any atom is -0.467 e. The zero-order chi connectivity index (χ0) is 27.1. The number of hydrazine groups is 1. The van der Waals surface area contributed by atoms with Crippen molar-refractivity contribution in [3.8, 4) is 5.19 Å². The molecule has 9 heteroatoms. The van der Waals surface area contributed by atoms with Gasteiger partial charge in [0.05, 0.1) is 10.2 Å². The van der Waals surface area contributed by atoms with Crippen molar-refractivity contribution < 1.29 is 4.74 Å². The highest BCUT2D eigenvalue weighted by molar-refractivity contribution is 7.20. The van der Waals surface area contributed by atoms with Gasteiger partial charge in [0.15, 0.2) is 0 Å². The fraction of sp³-hybridized carbons (Fsp3) is 0.581. The van der Waals surface area contributed by atoms with E-state index in [0.29, 0.717) is 0 Å². The highest BCUT2D eigenvalue weighted by Crippen LogP contribution is 2.33. The molecule has 214 valence electrons. The molecule has 0 spiro atoms. The van der Waals surface area contributed by atoms with E-state index in [1.54, 1.807) is 11.3 Å². The number of anilines is 1. The number of fused-ring (bicyclic) bond motifs is 1. The van der Waals surface area contributed by atoms with Crippen LogP contribution < -0.4 is 15.1 Å². The van der Waals surface area contributed by atoms with E-state index in [-0.39, 0.29) is 6.10 Å². The number of nitrogens with zero attached hydrogens (tertiary/aromatic N) is 6. The van der Waals surface area contributed by atoms with E-state index >= 15 is 0 Å². The molecule has 2 aromatic heterocycles. The standard InChI is InChI=1S/C31H43N7OS/c1-2-6-24-22-32-30(33-23-24)37-17-11-27(12-18-37)39-31-35-28-8-7-26(21-29(28)40-31)25-9-19-38(20-10-25)34-13-5-16-36-14-3-4-15-36/h7-9,21-23,27,34H,2-6,10-20H2,1H3. The first kappa shape index (κ1) is 27.6. The summed E-state index contributed by atoms with van der Waals surface area (Å²) < 4.78 is 7.56. The Morgan fingerprint density at radius 1 is 1.05 bits per heavy atom. The lowest BCUT2D eigenvalue weighted by Crippen LogP contribution is -2.42. The van der Waals surface area contributed by atoms with Crippen molar-refractivity contribution in [1.29, 1.82) is 0 Å². The molecule has 1 aromatic carbocycles. The van der Waals surface area contributed by atoms with Crippen molar-refractivity contribution in [2.75, 3.05) is 57.3 Å². The Kier molecular flexibility index (Phi) is 9.22. The van der Waals surface area contributed by atoms with Gasteiger partial charge in [0.25, 0.3) is 5.19 Å². The minimum absolute atomic E-state index is 0.186. The molecule has 2 fully saturated rings. The molecule has 6 rings (SSSR count). The number of hydrogen-bond acceptors (Lipinski definition) is 9. The summed E-state index contributed by atoms with van der Waals surface area (Å²) in [5, 5.41) is 3.15. The maximum absolute atomic E-state index is 6.36. The van der Waals surface area contributed by atoms with Gasteiger partial charge in [0, 0.05) is 58.0 Å². The molecule has 8 nitrogen and oxygen atoms in total. The van der Waals surface area contributed by atoms with Crippen LogP contribution in [0.3, 0.4) is 0 Å². The summed E-state index contributed by atoms with van der Waals surface area (Å²) in [6.07, 6.45) is 15.6. The predicted octanol–water partition coefficient (Wildman–Crippen LogP) is 5.17. The number of ether oxygens (including phenoxy) is 1. The Hall–Kier alpha value is -2.59. The third-order valence-electron chi connectivity index (χ3n) is 8.36. The fourth-order valence-corrected chi connectivity index (χ4v) is 6.94. The van der Waals surface area contributed by atoms with Crippen LogP contribution in [0.1, 0.15) is 63.0 Å². The van der Waals surface area contributed by atoms with E-state index in [9.17, 15) is 0 Å². The smallest absolute Gasteiger partial charge is 0.274 e. The molecule has 1 N–H and O–H groups in total. The van der Waals surface area contributed by atoms with E-state index < -0.39 is 0 Å². The number of aryl methyl sites for hydroxylation is 1. The van der Waals surface area contributed by atoms with Gasteiger partial charge < -0.3 is 14.5 Å². The summed E-state index contributed by atoms with van der Waals surface area (Å²) in [6, 6.07) is 6.67. The van der Waals surface area contributed by atoms with Crippen LogP contribution in [0.5, 0.6) is 5.19 Å². The topological polar surface area (TPSA) is 69.7 Å². The average molecular weight is 562 g/mol. The van der Waals surface area contributed by atoms with Gasteiger partial charge in [-0.25, -0.2) is 20.0 Å². The van der Waals surface area contributed by atoms with E-state index in [1.165, 1.54) is 60.3 Å². The Labute approximate surface area is 242 Å². The molecule has 0 saturated carbocycles. The van der Waals surface area contributed by atoms with Crippen molar-refractivity contribution in [3.63, 3.8) is 0 Å². The Morgan fingerprint density at radius 3 is 2.62 bits per heavy atom. The van der Waals surface area contributed by atoms with Gasteiger partial charge in [-0.2, -0.15) is 0 Å². The first-order chi connectivity index (χ1) is 19.7. The zero-order valence-corrected chi connectivity index (χ0v) is 24.7. The van der Waals surface area contributed by atoms with E-state index in [0.717, 1.165) is 81.5 Å². The predicted molar refractivity (Wildman–Crippen MR) is 164 cm³/mol. The number of aromatic nitrogens is 3. The average Bonchev–Trinajstić information content (AvgIpc) is 3.66. The first-order valence-corrected chi connectivity index (χ1v) is 16.1. The van der Waals surface area contributed by atoms with Gasteiger partial charge in [0.2, 0.25) is 5.95 Å². The summed E-state index contributed by atoms with van der Waals surface area (Å²) in [7, 11) is 0.